The molecule has 0 aromatic heterocycles. The van der Waals surface area contributed by atoms with E-state index in [9.17, 15) is 4.79 Å². The number of hydrogen-bond acceptors (Lipinski definition) is 2. The normalized spacial score (nSPS) is 24.1. The van der Waals surface area contributed by atoms with Crippen LogP contribution in [-0.4, -0.2) is 16.3 Å². The molecule has 3 nitrogen and oxygen atoms in total. The molecule has 0 bridgehead atoms. The van der Waals surface area contributed by atoms with E-state index in [0.29, 0.717) is 0 Å². The highest BCUT2D eigenvalue weighted by atomic mass is 16.2. The van der Waals surface area contributed by atoms with Crippen LogP contribution in [0.25, 0.3) is 0 Å². The molecule has 0 N–H and O–H groups in total. The third-order valence-electron chi connectivity index (χ3n) is 3.10. The Hall–Kier alpha value is -1.82. The first kappa shape index (κ1) is 11.7. The van der Waals surface area contributed by atoms with Crippen molar-refractivity contribution in [2.45, 2.75) is 32.4 Å². The Bertz CT molecular complexity index is 467. The Morgan fingerprint density at radius 3 is 2.29 bits per heavy atom. The number of nitrogens with zero attached hydrogens (tertiary/aromatic N) is 2. The second kappa shape index (κ2) is 3.89. The molecule has 1 heterocycles. The minimum absolute atomic E-state index is 0.0612. The number of hydrogen-bond donors (Lipinski definition) is 0. The minimum atomic E-state index is -0.531. The molecule has 0 radical (unpaired) electrons. The number of amides is 1. The Morgan fingerprint density at radius 2 is 1.82 bits per heavy atom. The summed E-state index contributed by atoms with van der Waals surface area (Å²) >= 11 is 0. The molecule has 88 valence electrons. The molecule has 1 aromatic rings. The maximum atomic E-state index is 11.9. The highest BCUT2D eigenvalue weighted by molar-refractivity contribution is 5.89. The Kier molecular flexibility index (Phi) is 2.66. The van der Waals surface area contributed by atoms with Crippen LogP contribution in [0.4, 0.5) is 0 Å². The molecule has 0 saturated carbocycles. The average Bonchev–Trinajstić information content (AvgIpc) is 2.25. The van der Waals surface area contributed by atoms with E-state index in [2.05, 4.69) is 6.07 Å². The topological polar surface area (TPSA) is 44.1 Å². The number of β-lactam (4-membered cyclic amide) rings is 1. The number of nitriles is 1. The van der Waals surface area contributed by atoms with Gasteiger partial charge in [-0.3, -0.25) is 4.79 Å². The van der Waals surface area contributed by atoms with E-state index in [4.69, 9.17) is 5.26 Å². The van der Waals surface area contributed by atoms with Crippen LogP contribution in [0, 0.1) is 17.2 Å². The molecule has 1 aliphatic heterocycles. The van der Waals surface area contributed by atoms with Crippen LogP contribution >= 0.6 is 0 Å². The standard InChI is InChI=1S/C14H16N2O/c1-14(2,3)16-12(11(9-15)13(16)17)10-7-5-4-6-8-10/h4-8,11-12H,1-3H3/t11-,12+/m0/s1. The van der Waals surface area contributed by atoms with Crippen LogP contribution in [0.3, 0.4) is 0 Å². The van der Waals surface area contributed by atoms with Gasteiger partial charge in [0.1, 0.15) is 5.92 Å². The quantitative estimate of drug-likeness (QED) is 0.693. The van der Waals surface area contributed by atoms with Gasteiger partial charge in [0.25, 0.3) is 0 Å². The lowest BCUT2D eigenvalue weighted by Crippen LogP contribution is -2.61. The first-order valence-electron chi connectivity index (χ1n) is 5.74. The smallest absolute Gasteiger partial charge is 0.243 e. The van der Waals surface area contributed by atoms with Crippen molar-refractivity contribution in [2.75, 3.05) is 0 Å². The van der Waals surface area contributed by atoms with Gasteiger partial charge in [-0.1, -0.05) is 30.3 Å². The van der Waals surface area contributed by atoms with Gasteiger partial charge >= 0.3 is 0 Å². The van der Waals surface area contributed by atoms with Gasteiger partial charge in [-0.05, 0) is 26.3 Å². The lowest BCUT2D eigenvalue weighted by molar-refractivity contribution is -0.161. The third-order valence-corrected chi connectivity index (χ3v) is 3.10. The van der Waals surface area contributed by atoms with Crippen LogP contribution in [-0.2, 0) is 4.79 Å². The summed E-state index contributed by atoms with van der Waals surface area (Å²) in [5, 5.41) is 9.07. The zero-order valence-corrected chi connectivity index (χ0v) is 10.3. The summed E-state index contributed by atoms with van der Waals surface area (Å²) in [6, 6.07) is 11.8. The van der Waals surface area contributed by atoms with Crippen LogP contribution in [0.5, 0.6) is 0 Å². The van der Waals surface area contributed by atoms with Crippen LogP contribution in [0.1, 0.15) is 32.4 Å². The molecular formula is C14H16N2O. The van der Waals surface area contributed by atoms with Crippen molar-refractivity contribution >= 4 is 5.91 Å². The summed E-state index contributed by atoms with van der Waals surface area (Å²) in [7, 11) is 0. The van der Waals surface area contributed by atoms with Gasteiger partial charge in [-0.2, -0.15) is 5.26 Å². The highest BCUT2D eigenvalue weighted by Gasteiger charge is 2.52. The number of benzene rings is 1. The third kappa shape index (κ3) is 1.80. The fourth-order valence-corrected chi connectivity index (χ4v) is 2.35. The first-order chi connectivity index (χ1) is 7.96. The molecule has 3 heteroatoms. The molecule has 17 heavy (non-hydrogen) atoms. The van der Waals surface area contributed by atoms with Crippen LogP contribution in [0.2, 0.25) is 0 Å². The Morgan fingerprint density at radius 1 is 1.24 bits per heavy atom. The predicted octanol–water partition coefficient (Wildman–Crippen LogP) is 2.51. The van der Waals surface area contributed by atoms with Gasteiger partial charge in [0.15, 0.2) is 0 Å². The number of carbonyl (C=O) groups is 1. The molecule has 2 atom stereocenters. The highest BCUT2D eigenvalue weighted by Crippen LogP contribution is 2.44. The van der Waals surface area contributed by atoms with Gasteiger partial charge in [0.05, 0.1) is 12.1 Å². The zero-order valence-electron chi connectivity index (χ0n) is 10.3. The van der Waals surface area contributed by atoms with Gasteiger partial charge < -0.3 is 4.90 Å². The largest absolute Gasteiger partial charge is 0.328 e. The molecule has 0 unspecified atom stereocenters. The van der Waals surface area contributed by atoms with Gasteiger partial charge in [0, 0.05) is 5.54 Å². The molecule has 1 fully saturated rings. The van der Waals surface area contributed by atoms with Gasteiger partial charge in [0.2, 0.25) is 5.91 Å². The van der Waals surface area contributed by atoms with Crippen molar-refractivity contribution in [3.63, 3.8) is 0 Å². The SMILES string of the molecule is CC(C)(C)N1C(=O)[C@@H](C#N)[C@H]1c1ccccc1. The average molecular weight is 228 g/mol. The van der Waals surface area contributed by atoms with Gasteiger partial charge in [-0.25, -0.2) is 0 Å². The van der Waals surface area contributed by atoms with E-state index in [1.807, 2.05) is 51.1 Å². The Labute approximate surface area is 102 Å². The molecule has 0 spiro atoms. The van der Waals surface area contributed by atoms with E-state index in [1.165, 1.54) is 0 Å². The maximum absolute atomic E-state index is 11.9. The molecule has 2 rings (SSSR count). The number of likely N-dealkylation sites (tertiary alicyclic amines) is 1. The first-order valence-corrected chi connectivity index (χ1v) is 5.74. The summed E-state index contributed by atoms with van der Waals surface area (Å²) in [5.41, 5.74) is 0.791. The minimum Gasteiger partial charge on any atom is -0.328 e. The molecule has 1 amide bonds. The molecule has 1 aliphatic rings. The zero-order chi connectivity index (χ0) is 12.6. The van der Waals surface area contributed by atoms with Crippen molar-refractivity contribution in [3.05, 3.63) is 35.9 Å². The summed E-state index contributed by atoms with van der Waals surface area (Å²) in [6.07, 6.45) is 0. The second-order valence-corrected chi connectivity index (χ2v) is 5.34. The van der Waals surface area contributed by atoms with Crippen molar-refractivity contribution < 1.29 is 4.79 Å². The summed E-state index contributed by atoms with van der Waals surface area (Å²) < 4.78 is 0. The number of rotatable bonds is 1. The molecule has 1 saturated heterocycles. The van der Waals surface area contributed by atoms with Crippen molar-refractivity contribution in [2.24, 2.45) is 5.92 Å². The number of carbonyl (C=O) groups excluding carboxylic acids is 1. The fourth-order valence-electron chi connectivity index (χ4n) is 2.35. The maximum Gasteiger partial charge on any atom is 0.243 e. The molecule has 1 aromatic carbocycles. The van der Waals surface area contributed by atoms with Crippen LogP contribution < -0.4 is 0 Å². The molecular weight excluding hydrogens is 212 g/mol. The summed E-state index contributed by atoms with van der Waals surface area (Å²) in [4.78, 5) is 13.7. The fraction of sp³-hybridized carbons (Fsp3) is 0.429. The monoisotopic (exact) mass is 228 g/mol. The van der Waals surface area contributed by atoms with E-state index >= 15 is 0 Å². The van der Waals surface area contributed by atoms with E-state index < -0.39 is 5.92 Å². The second-order valence-electron chi connectivity index (χ2n) is 5.34. The lowest BCUT2D eigenvalue weighted by Gasteiger charge is -2.51. The van der Waals surface area contributed by atoms with Crippen LogP contribution in [0.15, 0.2) is 30.3 Å². The molecule has 0 aliphatic carbocycles. The van der Waals surface area contributed by atoms with E-state index in [0.717, 1.165) is 5.56 Å². The van der Waals surface area contributed by atoms with Crippen molar-refractivity contribution in [1.82, 2.24) is 4.90 Å². The van der Waals surface area contributed by atoms with Gasteiger partial charge in [-0.15, -0.1) is 0 Å². The lowest BCUT2D eigenvalue weighted by atomic mass is 9.79. The van der Waals surface area contributed by atoms with E-state index in [-0.39, 0.29) is 17.5 Å². The summed E-state index contributed by atoms with van der Waals surface area (Å²) in [6.45, 7) is 5.98. The summed E-state index contributed by atoms with van der Waals surface area (Å²) in [5.74, 6) is -0.592. The van der Waals surface area contributed by atoms with E-state index in [1.54, 1.807) is 4.90 Å². The Balaban J connectivity index is 2.37. The van der Waals surface area contributed by atoms with Crippen molar-refractivity contribution in [1.29, 1.82) is 5.26 Å². The predicted molar refractivity (Wildman–Crippen MR) is 64.9 cm³/mol. The van der Waals surface area contributed by atoms with Crippen molar-refractivity contribution in [3.8, 4) is 6.07 Å².